The van der Waals surface area contributed by atoms with Gasteiger partial charge in [0, 0.05) is 25.8 Å². The summed E-state index contributed by atoms with van der Waals surface area (Å²) in [5.41, 5.74) is 2.15. The molecule has 1 aromatic carbocycles. The first-order chi connectivity index (χ1) is 10.3. The Kier molecular flexibility index (Phi) is 4.36. The molecular weight excluding hydrogens is 282 g/mol. The van der Waals surface area contributed by atoms with Crippen LogP contribution < -0.4 is 0 Å². The average molecular weight is 301 g/mol. The lowest BCUT2D eigenvalue weighted by atomic mass is 10.0. The van der Waals surface area contributed by atoms with E-state index in [0.717, 1.165) is 41.9 Å². The first-order valence-electron chi connectivity index (χ1n) is 7.24. The third kappa shape index (κ3) is 3.01. The van der Waals surface area contributed by atoms with E-state index in [1.54, 1.807) is 7.11 Å². The van der Waals surface area contributed by atoms with E-state index in [0.29, 0.717) is 6.10 Å². The van der Waals surface area contributed by atoms with Gasteiger partial charge in [-0.15, -0.1) is 11.3 Å². The zero-order valence-electron chi connectivity index (χ0n) is 12.1. The van der Waals surface area contributed by atoms with Crippen molar-refractivity contribution in [2.45, 2.75) is 18.9 Å². The fourth-order valence-corrected chi connectivity index (χ4v) is 3.64. The number of amides is 1. The molecule has 1 fully saturated rings. The van der Waals surface area contributed by atoms with Gasteiger partial charge in [0.25, 0.3) is 5.91 Å². The van der Waals surface area contributed by atoms with Gasteiger partial charge in [-0.25, -0.2) is 0 Å². The number of nitrogens with zero attached hydrogens (tertiary/aromatic N) is 1. The zero-order chi connectivity index (χ0) is 14.7. The predicted octanol–water partition coefficient (Wildman–Crippen LogP) is 3.67. The van der Waals surface area contributed by atoms with E-state index >= 15 is 0 Å². The number of ether oxygens (including phenoxy) is 1. The van der Waals surface area contributed by atoms with E-state index in [9.17, 15) is 4.79 Å². The molecular formula is C17H19NO2S. The molecule has 110 valence electrons. The maximum Gasteiger partial charge on any atom is 0.264 e. The van der Waals surface area contributed by atoms with Crippen LogP contribution in [0.25, 0.3) is 11.1 Å². The maximum atomic E-state index is 12.7. The standard InChI is InChI=1S/C17H19NO2S/c1-20-14-7-10-18(11-8-14)17(19)16-15(9-12-21-16)13-5-3-2-4-6-13/h2-6,9,12,14H,7-8,10-11H2,1H3. The summed E-state index contributed by atoms with van der Waals surface area (Å²) in [5, 5.41) is 2.00. The van der Waals surface area contributed by atoms with Crippen LogP contribution in [0.15, 0.2) is 41.8 Å². The Labute approximate surface area is 129 Å². The average Bonchev–Trinajstić information content (AvgIpc) is 3.04. The van der Waals surface area contributed by atoms with Crippen LogP contribution in [0.3, 0.4) is 0 Å². The van der Waals surface area contributed by atoms with E-state index in [1.807, 2.05) is 34.5 Å². The molecule has 3 nitrogen and oxygen atoms in total. The highest BCUT2D eigenvalue weighted by molar-refractivity contribution is 7.12. The molecule has 2 aromatic rings. The first-order valence-corrected chi connectivity index (χ1v) is 8.12. The second-order valence-corrected chi connectivity index (χ2v) is 6.17. The Bertz CT molecular complexity index is 600. The molecule has 0 saturated carbocycles. The maximum absolute atomic E-state index is 12.7. The van der Waals surface area contributed by atoms with Crippen molar-refractivity contribution < 1.29 is 9.53 Å². The van der Waals surface area contributed by atoms with Gasteiger partial charge in [0.15, 0.2) is 0 Å². The molecule has 4 heteroatoms. The summed E-state index contributed by atoms with van der Waals surface area (Å²) in [4.78, 5) is 15.5. The number of methoxy groups -OCH3 is 1. The Morgan fingerprint density at radius 1 is 1.19 bits per heavy atom. The lowest BCUT2D eigenvalue weighted by Crippen LogP contribution is -2.40. The van der Waals surface area contributed by atoms with Crippen molar-refractivity contribution in [1.82, 2.24) is 4.90 Å². The van der Waals surface area contributed by atoms with Crippen LogP contribution in [0.5, 0.6) is 0 Å². The summed E-state index contributed by atoms with van der Waals surface area (Å²) in [6.07, 6.45) is 2.15. The summed E-state index contributed by atoms with van der Waals surface area (Å²) >= 11 is 1.53. The normalized spacial score (nSPS) is 16.1. The number of benzene rings is 1. The van der Waals surface area contributed by atoms with E-state index in [-0.39, 0.29) is 5.91 Å². The third-order valence-electron chi connectivity index (χ3n) is 4.01. The minimum atomic E-state index is 0.151. The Morgan fingerprint density at radius 3 is 2.57 bits per heavy atom. The van der Waals surface area contributed by atoms with Crippen LogP contribution in [0, 0.1) is 0 Å². The van der Waals surface area contributed by atoms with Crippen LogP contribution in [-0.2, 0) is 4.74 Å². The Hall–Kier alpha value is -1.65. The summed E-state index contributed by atoms with van der Waals surface area (Å²) < 4.78 is 5.37. The zero-order valence-corrected chi connectivity index (χ0v) is 12.9. The second-order valence-electron chi connectivity index (χ2n) is 5.26. The van der Waals surface area contributed by atoms with Gasteiger partial charge in [-0.3, -0.25) is 4.79 Å². The quantitative estimate of drug-likeness (QED) is 0.866. The van der Waals surface area contributed by atoms with E-state index in [1.165, 1.54) is 11.3 Å². The summed E-state index contributed by atoms with van der Waals surface area (Å²) in [6, 6.07) is 12.1. The molecule has 1 amide bonds. The van der Waals surface area contributed by atoms with Gasteiger partial charge >= 0.3 is 0 Å². The van der Waals surface area contributed by atoms with Gasteiger partial charge in [-0.05, 0) is 29.9 Å². The highest BCUT2D eigenvalue weighted by atomic mass is 32.1. The Morgan fingerprint density at radius 2 is 1.90 bits per heavy atom. The number of likely N-dealkylation sites (tertiary alicyclic amines) is 1. The number of rotatable bonds is 3. The monoisotopic (exact) mass is 301 g/mol. The van der Waals surface area contributed by atoms with Gasteiger partial charge in [0.05, 0.1) is 11.0 Å². The fourth-order valence-electron chi connectivity index (χ4n) is 2.76. The number of hydrogen-bond acceptors (Lipinski definition) is 3. The van der Waals surface area contributed by atoms with E-state index < -0.39 is 0 Å². The van der Waals surface area contributed by atoms with Crippen molar-refractivity contribution >= 4 is 17.2 Å². The molecule has 1 aliphatic heterocycles. The highest BCUT2D eigenvalue weighted by Gasteiger charge is 2.25. The second kappa shape index (κ2) is 6.41. The molecule has 0 spiro atoms. The molecule has 2 heterocycles. The minimum Gasteiger partial charge on any atom is -0.381 e. The number of thiophene rings is 1. The molecule has 0 radical (unpaired) electrons. The highest BCUT2D eigenvalue weighted by Crippen LogP contribution is 2.30. The van der Waals surface area contributed by atoms with Gasteiger partial charge < -0.3 is 9.64 Å². The SMILES string of the molecule is COC1CCN(C(=O)c2sccc2-c2ccccc2)CC1. The van der Waals surface area contributed by atoms with Gasteiger partial charge in [0.2, 0.25) is 0 Å². The fraction of sp³-hybridized carbons (Fsp3) is 0.353. The van der Waals surface area contributed by atoms with Crippen molar-refractivity contribution in [3.05, 3.63) is 46.7 Å². The molecule has 0 aliphatic carbocycles. The number of piperidine rings is 1. The molecule has 3 rings (SSSR count). The van der Waals surface area contributed by atoms with Crippen LogP contribution in [0.2, 0.25) is 0 Å². The lowest BCUT2D eigenvalue weighted by Gasteiger charge is -2.31. The van der Waals surface area contributed by atoms with Crippen LogP contribution in [-0.4, -0.2) is 37.1 Å². The van der Waals surface area contributed by atoms with Crippen molar-refractivity contribution in [2.75, 3.05) is 20.2 Å². The first kappa shape index (κ1) is 14.3. The third-order valence-corrected chi connectivity index (χ3v) is 4.91. The largest absolute Gasteiger partial charge is 0.381 e. The molecule has 0 unspecified atom stereocenters. The van der Waals surface area contributed by atoms with Crippen molar-refractivity contribution in [1.29, 1.82) is 0 Å². The van der Waals surface area contributed by atoms with E-state index in [2.05, 4.69) is 12.1 Å². The van der Waals surface area contributed by atoms with Crippen LogP contribution in [0.1, 0.15) is 22.5 Å². The number of hydrogen-bond donors (Lipinski definition) is 0. The molecule has 21 heavy (non-hydrogen) atoms. The molecule has 1 aromatic heterocycles. The molecule has 0 N–H and O–H groups in total. The van der Waals surface area contributed by atoms with Crippen molar-refractivity contribution in [3.63, 3.8) is 0 Å². The summed E-state index contributed by atoms with van der Waals surface area (Å²) in [5.74, 6) is 0.151. The van der Waals surface area contributed by atoms with E-state index in [4.69, 9.17) is 4.74 Å². The van der Waals surface area contributed by atoms with Crippen LogP contribution >= 0.6 is 11.3 Å². The predicted molar refractivity (Wildman–Crippen MR) is 85.7 cm³/mol. The molecule has 1 aliphatic rings. The summed E-state index contributed by atoms with van der Waals surface area (Å²) in [6.45, 7) is 1.56. The molecule has 1 saturated heterocycles. The van der Waals surface area contributed by atoms with Gasteiger partial charge in [-0.1, -0.05) is 30.3 Å². The lowest BCUT2D eigenvalue weighted by molar-refractivity contribution is 0.0354. The van der Waals surface area contributed by atoms with Crippen LogP contribution in [0.4, 0.5) is 0 Å². The smallest absolute Gasteiger partial charge is 0.264 e. The van der Waals surface area contributed by atoms with Crippen molar-refractivity contribution in [3.8, 4) is 11.1 Å². The summed E-state index contributed by atoms with van der Waals surface area (Å²) in [7, 11) is 1.74. The molecule has 0 atom stereocenters. The Balaban J connectivity index is 1.79. The number of carbonyl (C=O) groups excluding carboxylic acids is 1. The topological polar surface area (TPSA) is 29.5 Å². The van der Waals surface area contributed by atoms with Crippen molar-refractivity contribution in [2.24, 2.45) is 0 Å². The van der Waals surface area contributed by atoms with Gasteiger partial charge in [0.1, 0.15) is 0 Å². The minimum absolute atomic E-state index is 0.151. The molecule has 0 bridgehead atoms. The number of carbonyl (C=O) groups is 1. The van der Waals surface area contributed by atoms with Gasteiger partial charge in [-0.2, -0.15) is 0 Å².